The molecule has 0 unspecified atom stereocenters. The summed E-state index contributed by atoms with van der Waals surface area (Å²) in [5, 5.41) is 5.22. The minimum Gasteiger partial charge on any atom is -0.497 e. The van der Waals surface area contributed by atoms with E-state index in [0.717, 1.165) is 12.1 Å². The third-order valence-corrected chi connectivity index (χ3v) is 6.83. The Morgan fingerprint density at radius 2 is 1.61 bits per heavy atom. The number of aromatic nitrogens is 2. The lowest BCUT2D eigenvalue weighted by Gasteiger charge is -2.36. The van der Waals surface area contributed by atoms with E-state index in [1.807, 2.05) is 35.2 Å². The van der Waals surface area contributed by atoms with Crippen molar-refractivity contribution in [3.63, 3.8) is 0 Å². The molecule has 0 N–H and O–H groups in total. The third kappa shape index (κ3) is 5.19. The molecule has 6 nitrogen and oxygen atoms in total. The van der Waals surface area contributed by atoms with Gasteiger partial charge in [0.2, 0.25) is 0 Å². The van der Waals surface area contributed by atoms with Crippen LogP contribution in [0, 0.1) is 0 Å². The number of ether oxygens (including phenoxy) is 1. The van der Waals surface area contributed by atoms with Crippen LogP contribution in [-0.2, 0) is 6.18 Å². The van der Waals surface area contributed by atoms with Gasteiger partial charge in [0.15, 0.2) is 0 Å². The molecular weight excluding hydrogens is 517 g/mol. The van der Waals surface area contributed by atoms with Crippen molar-refractivity contribution in [2.24, 2.45) is 0 Å². The highest BCUT2D eigenvalue weighted by Gasteiger charge is 2.32. The molecule has 3 aromatic carbocycles. The smallest absolute Gasteiger partial charge is 0.416 e. The van der Waals surface area contributed by atoms with Crippen molar-refractivity contribution in [1.29, 1.82) is 0 Å². The first-order chi connectivity index (χ1) is 18.2. The Balaban J connectivity index is 1.41. The summed E-state index contributed by atoms with van der Waals surface area (Å²) in [5.41, 5.74) is 2.08. The Labute approximate surface area is 222 Å². The number of amides is 1. The lowest BCUT2D eigenvalue weighted by Crippen LogP contribution is -2.49. The number of alkyl halides is 3. The van der Waals surface area contributed by atoms with E-state index in [2.05, 4.69) is 0 Å². The summed E-state index contributed by atoms with van der Waals surface area (Å²) in [5.74, 6) is 0.445. The topological polar surface area (TPSA) is 50.6 Å². The van der Waals surface area contributed by atoms with Crippen LogP contribution >= 0.6 is 11.6 Å². The molecule has 0 saturated carbocycles. The van der Waals surface area contributed by atoms with Gasteiger partial charge in [-0.15, -0.1) is 0 Å². The second-order valence-corrected chi connectivity index (χ2v) is 9.24. The van der Waals surface area contributed by atoms with Crippen LogP contribution < -0.4 is 9.64 Å². The molecule has 10 heteroatoms. The maximum absolute atomic E-state index is 13.7. The predicted octanol–water partition coefficient (Wildman–Crippen LogP) is 6.18. The van der Waals surface area contributed by atoms with Gasteiger partial charge in [0, 0.05) is 37.4 Å². The van der Waals surface area contributed by atoms with Gasteiger partial charge in [0.05, 0.1) is 29.1 Å². The van der Waals surface area contributed by atoms with E-state index in [1.54, 1.807) is 47.0 Å². The van der Waals surface area contributed by atoms with Gasteiger partial charge in [-0.1, -0.05) is 35.9 Å². The number of carbonyl (C=O) groups is 1. The fourth-order valence-electron chi connectivity index (χ4n) is 4.46. The summed E-state index contributed by atoms with van der Waals surface area (Å²) < 4.78 is 46.3. The number of piperazine rings is 1. The van der Waals surface area contributed by atoms with Gasteiger partial charge in [-0.3, -0.25) is 4.79 Å². The summed E-state index contributed by atoms with van der Waals surface area (Å²) in [6.07, 6.45) is -4.41. The van der Waals surface area contributed by atoms with Crippen LogP contribution in [-0.4, -0.2) is 53.9 Å². The van der Waals surface area contributed by atoms with Crippen molar-refractivity contribution in [3.05, 3.63) is 95.1 Å². The normalized spacial score (nSPS) is 14.0. The minimum absolute atomic E-state index is 0.227. The average molecular weight is 541 g/mol. The van der Waals surface area contributed by atoms with E-state index in [9.17, 15) is 18.0 Å². The number of nitrogens with zero attached hydrogens (tertiary/aromatic N) is 4. The Hall–Kier alpha value is -3.98. The molecule has 0 aliphatic carbocycles. The number of halogens is 4. The van der Waals surface area contributed by atoms with Crippen molar-refractivity contribution >= 4 is 23.2 Å². The van der Waals surface area contributed by atoms with E-state index < -0.39 is 11.7 Å². The van der Waals surface area contributed by atoms with Crippen molar-refractivity contribution in [3.8, 4) is 22.7 Å². The maximum Gasteiger partial charge on any atom is 0.416 e. The molecule has 2 heterocycles. The lowest BCUT2D eigenvalue weighted by molar-refractivity contribution is -0.137. The van der Waals surface area contributed by atoms with Crippen LogP contribution in [0.15, 0.2) is 78.9 Å². The molecule has 196 valence electrons. The van der Waals surface area contributed by atoms with E-state index >= 15 is 0 Å². The maximum atomic E-state index is 13.7. The van der Waals surface area contributed by atoms with Crippen LogP contribution in [0.25, 0.3) is 16.9 Å². The fraction of sp³-hybridized carbons (Fsp3) is 0.214. The molecule has 4 aromatic rings. The van der Waals surface area contributed by atoms with Gasteiger partial charge < -0.3 is 14.5 Å². The highest BCUT2D eigenvalue weighted by molar-refractivity contribution is 6.33. The van der Waals surface area contributed by atoms with Gasteiger partial charge in [0.1, 0.15) is 11.4 Å². The van der Waals surface area contributed by atoms with Crippen LogP contribution in [0.2, 0.25) is 5.02 Å². The monoisotopic (exact) mass is 540 g/mol. The molecular formula is C28H24ClF3N4O2. The molecule has 0 spiro atoms. The number of anilines is 1. The SMILES string of the molecule is COc1ccc(-n2nc(-c3ccccc3Cl)cc2C(=O)N2CCN(c3cccc(C(F)(F)F)c3)CC2)cc1. The first-order valence-electron chi connectivity index (χ1n) is 12.0. The molecule has 1 amide bonds. The lowest BCUT2D eigenvalue weighted by atomic mass is 10.1. The van der Waals surface area contributed by atoms with Crippen LogP contribution in [0.4, 0.5) is 18.9 Å². The van der Waals surface area contributed by atoms with Crippen molar-refractivity contribution in [1.82, 2.24) is 14.7 Å². The summed E-state index contributed by atoms with van der Waals surface area (Å²) >= 11 is 6.41. The van der Waals surface area contributed by atoms with Crippen LogP contribution in [0.5, 0.6) is 5.75 Å². The molecule has 1 fully saturated rings. The number of hydrogen-bond acceptors (Lipinski definition) is 4. The molecule has 1 aliphatic heterocycles. The Kier molecular flexibility index (Phi) is 7.03. The molecule has 5 rings (SSSR count). The van der Waals surface area contributed by atoms with Crippen molar-refractivity contribution < 1.29 is 22.7 Å². The van der Waals surface area contributed by atoms with E-state index in [-0.39, 0.29) is 5.91 Å². The largest absolute Gasteiger partial charge is 0.497 e. The highest BCUT2D eigenvalue weighted by Crippen LogP contribution is 2.32. The number of benzene rings is 3. The van der Waals surface area contributed by atoms with E-state index in [0.29, 0.717) is 65.3 Å². The first-order valence-corrected chi connectivity index (χ1v) is 12.3. The number of rotatable bonds is 5. The Morgan fingerprint density at radius 1 is 0.895 bits per heavy atom. The molecule has 1 aliphatic rings. The fourth-order valence-corrected chi connectivity index (χ4v) is 4.70. The zero-order valence-electron chi connectivity index (χ0n) is 20.5. The summed E-state index contributed by atoms with van der Waals surface area (Å²) in [4.78, 5) is 17.3. The van der Waals surface area contributed by atoms with Gasteiger partial charge >= 0.3 is 6.18 Å². The average Bonchev–Trinajstić information content (AvgIpc) is 3.38. The zero-order chi connectivity index (χ0) is 26.9. The van der Waals surface area contributed by atoms with Crippen molar-refractivity contribution in [2.75, 3.05) is 38.2 Å². The standard InChI is InChI=1S/C28H24ClF3N4O2/c1-38-22-11-9-20(10-12-22)36-26(18-25(33-36)23-7-2-3-8-24(23)29)27(37)35-15-13-34(14-16-35)21-6-4-5-19(17-21)28(30,31)32/h2-12,17-18H,13-16H2,1H3. The second-order valence-electron chi connectivity index (χ2n) is 8.83. The van der Waals surface area contributed by atoms with Crippen LogP contribution in [0.3, 0.4) is 0 Å². The van der Waals surface area contributed by atoms with Gasteiger partial charge in [-0.25, -0.2) is 4.68 Å². The van der Waals surface area contributed by atoms with E-state index in [4.69, 9.17) is 21.4 Å². The third-order valence-electron chi connectivity index (χ3n) is 6.50. The number of methoxy groups -OCH3 is 1. The Bertz CT molecular complexity index is 1450. The van der Waals surface area contributed by atoms with Crippen LogP contribution in [0.1, 0.15) is 16.1 Å². The highest BCUT2D eigenvalue weighted by atomic mass is 35.5. The minimum atomic E-state index is -4.41. The van der Waals surface area contributed by atoms with Gasteiger partial charge in [0.25, 0.3) is 5.91 Å². The second kappa shape index (κ2) is 10.4. The number of carbonyl (C=O) groups excluding carboxylic acids is 1. The molecule has 38 heavy (non-hydrogen) atoms. The molecule has 1 aromatic heterocycles. The predicted molar refractivity (Wildman–Crippen MR) is 140 cm³/mol. The molecule has 0 radical (unpaired) electrons. The molecule has 0 atom stereocenters. The summed E-state index contributed by atoms with van der Waals surface area (Å²) in [7, 11) is 1.58. The quantitative estimate of drug-likeness (QED) is 0.303. The zero-order valence-corrected chi connectivity index (χ0v) is 21.2. The molecule has 1 saturated heterocycles. The first kappa shape index (κ1) is 25.7. The van der Waals surface area contributed by atoms with Gasteiger partial charge in [-0.05, 0) is 54.6 Å². The van der Waals surface area contributed by atoms with Gasteiger partial charge in [-0.2, -0.15) is 18.3 Å². The number of hydrogen-bond donors (Lipinski definition) is 0. The van der Waals surface area contributed by atoms with Crippen molar-refractivity contribution in [2.45, 2.75) is 6.18 Å². The summed E-state index contributed by atoms with van der Waals surface area (Å²) in [6, 6.07) is 21.4. The molecule has 0 bridgehead atoms. The Morgan fingerprint density at radius 3 is 2.26 bits per heavy atom. The summed E-state index contributed by atoms with van der Waals surface area (Å²) in [6.45, 7) is 1.51. The van der Waals surface area contributed by atoms with E-state index in [1.165, 1.54) is 6.07 Å².